The number of alkyl halides is 2. The predicted octanol–water partition coefficient (Wildman–Crippen LogP) is 4.10. The van der Waals surface area contributed by atoms with Crippen molar-refractivity contribution in [3.63, 3.8) is 0 Å². The van der Waals surface area contributed by atoms with E-state index in [-0.39, 0.29) is 17.4 Å². The minimum atomic E-state index is -2.61. The van der Waals surface area contributed by atoms with E-state index < -0.39 is 6.55 Å². The number of hydrogen-bond acceptors (Lipinski definition) is 3. The van der Waals surface area contributed by atoms with Crippen LogP contribution < -0.4 is 0 Å². The van der Waals surface area contributed by atoms with Crippen molar-refractivity contribution < 1.29 is 13.2 Å². The molecule has 22 heavy (non-hydrogen) atoms. The number of aromatic nitrogens is 4. The fourth-order valence-electron chi connectivity index (χ4n) is 1.92. The number of benzene rings is 1. The van der Waals surface area contributed by atoms with E-state index in [0.717, 1.165) is 15.8 Å². The molecule has 3 aromatic rings. The van der Waals surface area contributed by atoms with Crippen molar-refractivity contribution in [3.8, 4) is 11.3 Å². The Hall–Kier alpha value is -2.22. The molecule has 0 radical (unpaired) electrons. The van der Waals surface area contributed by atoms with E-state index in [1.165, 1.54) is 36.3 Å². The number of thioether (sulfide) groups is 1. The zero-order chi connectivity index (χ0) is 15.5. The standard InChI is InChI=1S/C14H11F3N4S/c15-10-3-1-9(2-4-10)11-7-19-14(20-11)22-8-12-18-5-6-21(12)13(16)17/h1-7,13H,8H2,(H,19,20). The van der Waals surface area contributed by atoms with Crippen molar-refractivity contribution in [2.45, 2.75) is 17.5 Å². The van der Waals surface area contributed by atoms with Crippen molar-refractivity contribution in [2.24, 2.45) is 0 Å². The monoisotopic (exact) mass is 324 g/mol. The van der Waals surface area contributed by atoms with Crippen LogP contribution in [0.15, 0.2) is 48.0 Å². The molecular weight excluding hydrogens is 313 g/mol. The Morgan fingerprint density at radius 2 is 1.95 bits per heavy atom. The lowest BCUT2D eigenvalue weighted by Gasteiger charge is -2.04. The van der Waals surface area contributed by atoms with Gasteiger partial charge in [-0.1, -0.05) is 11.8 Å². The molecule has 0 atom stereocenters. The SMILES string of the molecule is Fc1ccc(-c2cnc(SCc3nccn3C(F)F)[nH]2)cc1. The molecule has 1 N–H and O–H groups in total. The molecular formula is C14H11F3N4S. The smallest absolute Gasteiger partial charge is 0.319 e. The maximum Gasteiger partial charge on any atom is 0.319 e. The molecule has 0 bridgehead atoms. The Bertz CT molecular complexity index is 752. The Kier molecular flexibility index (Phi) is 4.19. The van der Waals surface area contributed by atoms with Gasteiger partial charge in [-0.05, 0) is 29.8 Å². The van der Waals surface area contributed by atoms with Gasteiger partial charge in [0.05, 0.1) is 17.6 Å². The highest BCUT2D eigenvalue weighted by molar-refractivity contribution is 7.98. The van der Waals surface area contributed by atoms with Gasteiger partial charge in [0, 0.05) is 12.4 Å². The van der Waals surface area contributed by atoms with Crippen LogP contribution in [0.25, 0.3) is 11.3 Å². The topological polar surface area (TPSA) is 46.5 Å². The number of H-pyrrole nitrogens is 1. The van der Waals surface area contributed by atoms with Crippen LogP contribution in [0.2, 0.25) is 0 Å². The number of nitrogens with zero attached hydrogens (tertiary/aromatic N) is 3. The Labute approximate surface area is 128 Å². The molecule has 8 heteroatoms. The molecule has 0 aliphatic carbocycles. The maximum absolute atomic E-state index is 12.9. The van der Waals surface area contributed by atoms with E-state index in [4.69, 9.17) is 0 Å². The molecule has 0 aliphatic rings. The first kappa shape index (κ1) is 14.7. The summed E-state index contributed by atoms with van der Waals surface area (Å²) in [5.41, 5.74) is 1.54. The lowest BCUT2D eigenvalue weighted by Crippen LogP contribution is -2.02. The molecule has 0 fully saturated rings. The first-order chi connectivity index (χ1) is 10.6. The molecule has 2 heterocycles. The van der Waals surface area contributed by atoms with Gasteiger partial charge in [-0.3, -0.25) is 4.57 Å². The second-order valence-corrected chi connectivity index (χ2v) is 5.39. The number of halogens is 3. The highest BCUT2D eigenvalue weighted by Crippen LogP contribution is 2.25. The minimum Gasteiger partial charge on any atom is -0.333 e. The van der Waals surface area contributed by atoms with Gasteiger partial charge in [-0.2, -0.15) is 8.78 Å². The zero-order valence-electron chi connectivity index (χ0n) is 11.2. The van der Waals surface area contributed by atoms with Crippen molar-refractivity contribution in [1.82, 2.24) is 19.5 Å². The summed E-state index contributed by atoms with van der Waals surface area (Å²) in [6.07, 6.45) is 4.20. The third-order valence-corrected chi connectivity index (χ3v) is 3.89. The quantitative estimate of drug-likeness (QED) is 0.719. The number of aromatic amines is 1. The molecule has 0 amide bonds. The summed E-state index contributed by atoms with van der Waals surface area (Å²) < 4.78 is 39.1. The van der Waals surface area contributed by atoms with E-state index in [9.17, 15) is 13.2 Å². The molecule has 0 saturated heterocycles. The average Bonchev–Trinajstić information content (AvgIpc) is 3.15. The summed E-state index contributed by atoms with van der Waals surface area (Å²) in [7, 11) is 0. The van der Waals surface area contributed by atoms with Gasteiger partial charge in [0.2, 0.25) is 0 Å². The van der Waals surface area contributed by atoms with Crippen LogP contribution in [0.4, 0.5) is 13.2 Å². The predicted molar refractivity (Wildman–Crippen MR) is 77.0 cm³/mol. The molecule has 0 aliphatic heterocycles. The first-order valence-electron chi connectivity index (χ1n) is 6.37. The molecule has 0 saturated carbocycles. The Balaban J connectivity index is 1.69. The fraction of sp³-hybridized carbons (Fsp3) is 0.143. The second kappa shape index (κ2) is 6.27. The van der Waals surface area contributed by atoms with E-state index in [0.29, 0.717) is 5.16 Å². The van der Waals surface area contributed by atoms with E-state index >= 15 is 0 Å². The number of hydrogen-bond donors (Lipinski definition) is 1. The third-order valence-electron chi connectivity index (χ3n) is 3.00. The van der Waals surface area contributed by atoms with Gasteiger partial charge in [0.1, 0.15) is 11.6 Å². The molecule has 3 rings (SSSR count). The van der Waals surface area contributed by atoms with Gasteiger partial charge < -0.3 is 4.98 Å². The highest BCUT2D eigenvalue weighted by Gasteiger charge is 2.12. The average molecular weight is 324 g/mol. The van der Waals surface area contributed by atoms with E-state index in [1.807, 2.05) is 0 Å². The minimum absolute atomic E-state index is 0.272. The molecule has 114 valence electrons. The van der Waals surface area contributed by atoms with Gasteiger partial charge in [0.25, 0.3) is 0 Å². The zero-order valence-corrected chi connectivity index (χ0v) is 12.0. The van der Waals surface area contributed by atoms with Gasteiger partial charge in [-0.15, -0.1) is 0 Å². The van der Waals surface area contributed by atoms with Crippen LogP contribution in [0.1, 0.15) is 12.4 Å². The van der Waals surface area contributed by atoms with Crippen molar-refractivity contribution in [3.05, 3.63) is 54.5 Å². The summed E-state index contributed by atoms with van der Waals surface area (Å²) in [5, 5.41) is 0.586. The molecule has 1 aromatic carbocycles. The van der Waals surface area contributed by atoms with Crippen LogP contribution in [0.5, 0.6) is 0 Å². The van der Waals surface area contributed by atoms with Gasteiger partial charge in [0.15, 0.2) is 5.16 Å². The maximum atomic E-state index is 12.9. The van der Waals surface area contributed by atoms with Crippen molar-refractivity contribution >= 4 is 11.8 Å². The van der Waals surface area contributed by atoms with Crippen molar-refractivity contribution in [2.75, 3.05) is 0 Å². The Morgan fingerprint density at radius 1 is 1.18 bits per heavy atom. The number of rotatable bonds is 5. The lowest BCUT2D eigenvalue weighted by atomic mass is 10.2. The molecule has 0 spiro atoms. The highest BCUT2D eigenvalue weighted by atomic mass is 32.2. The fourth-order valence-corrected chi connectivity index (χ4v) is 2.72. The lowest BCUT2D eigenvalue weighted by molar-refractivity contribution is 0.0678. The van der Waals surface area contributed by atoms with Crippen LogP contribution in [-0.4, -0.2) is 19.5 Å². The number of imidazole rings is 2. The molecule has 4 nitrogen and oxygen atoms in total. The van der Waals surface area contributed by atoms with E-state index in [2.05, 4.69) is 15.0 Å². The summed E-state index contributed by atoms with van der Waals surface area (Å²) in [4.78, 5) is 11.1. The van der Waals surface area contributed by atoms with E-state index in [1.54, 1.807) is 18.3 Å². The van der Waals surface area contributed by atoms with Crippen molar-refractivity contribution in [1.29, 1.82) is 0 Å². The van der Waals surface area contributed by atoms with Crippen LogP contribution >= 0.6 is 11.8 Å². The largest absolute Gasteiger partial charge is 0.333 e. The molecule has 2 aromatic heterocycles. The molecule has 0 unspecified atom stereocenters. The number of nitrogens with one attached hydrogen (secondary N) is 1. The van der Waals surface area contributed by atoms with Crippen LogP contribution in [0, 0.1) is 5.82 Å². The van der Waals surface area contributed by atoms with Crippen LogP contribution in [0.3, 0.4) is 0 Å². The summed E-state index contributed by atoms with van der Waals surface area (Å²) in [6.45, 7) is -2.61. The summed E-state index contributed by atoms with van der Waals surface area (Å²) in [5.74, 6) is 0.240. The third kappa shape index (κ3) is 3.16. The van der Waals surface area contributed by atoms with Gasteiger partial charge in [-0.25, -0.2) is 14.4 Å². The summed E-state index contributed by atoms with van der Waals surface area (Å²) >= 11 is 1.27. The van der Waals surface area contributed by atoms with Gasteiger partial charge >= 0.3 is 6.55 Å². The Morgan fingerprint density at radius 3 is 2.68 bits per heavy atom. The normalized spacial score (nSPS) is 11.3. The van der Waals surface area contributed by atoms with Crippen LogP contribution in [-0.2, 0) is 5.75 Å². The second-order valence-electron chi connectivity index (χ2n) is 4.43. The first-order valence-corrected chi connectivity index (χ1v) is 7.35. The summed E-state index contributed by atoms with van der Waals surface area (Å²) in [6, 6.07) is 6.01.